The summed E-state index contributed by atoms with van der Waals surface area (Å²) in [5.74, 6) is -3.11. The lowest BCUT2D eigenvalue weighted by Gasteiger charge is -2.34. The van der Waals surface area contributed by atoms with Gasteiger partial charge in [-0.3, -0.25) is 9.59 Å². The van der Waals surface area contributed by atoms with E-state index in [0.717, 1.165) is 12.8 Å². The fourth-order valence-corrected chi connectivity index (χ4v) is 4.38. The van der Waals surface area contributed by atoms with Gasteiger partial charge in [0.05, 0.1) is 11.7 Å². The molecule has 0 atom stereocenters. The van der Waals surface area contributed by atoms with Gasteiger partial charge >= 0.3 is 0 Å². The summed E-state index contributed by atoms with van der Waals surface area (Å²) in [6.07, 6.45) is 2.01. The molecule has 0 radical (unpaired) electrons. The molecule has 1 saturated carbocycles. The maximum Gasteiger partial charge on any atom is 0.256 e. The number of carbonyl (C=O) groups is 2. The minimum Gasteiger partial charge on any atom is -0.485 e. The summed E-state index contributed by atoms with van der Waals surface area (Å²) in [5, 5.41) is 0. The van der Waals surface area contributed by atoms with E-state index < -0.39 is 11.7 Å². The van der Waals surface area contributed by atoms with Crippen LogP contribution in [0.15, 0.2) is 12.1 Å². The number of rotatable bonds is 4. The Morgan fingerprint density at radius 1 is 1.17 bits per heavy atom. The molecule has 3 aliphatic rings. The third-order valence-electron chi connectivity index (χ3n) is 6.29. The highest BCUT2D eigenvalue weighted by Gasteiger charge is 2.35. The van der Waals surface area contributed by atoms with Crippen LogP contribution in [0.4, 0.5) is 13.2 Å². The average molecular weight is 425 g/mol. The number of piperidine rings is 1. The second-order valence-corrected chi connectivity index (χ2v) is 8.57. The van der Waals surface area contributed by atoms with Gasteiger partial charge < -0.3 is 14.4 Å². The van der Waals surface area contributed by atoms with Crippen LogP contribution in [0.3, 0.4) is 0 Å². The van der Waals surface area contributed by atoms with Gasteiger partial charge in [0.15, 0.2) is 5.78 Å². The van der Waals surface area contributed by atoms with E-state index in [1.165, 1.54) is 12.1 Å². The first-order valence-corrected chi connectivity index (χ1v) is 10.6. The van der Waals surface area contributed by atoms with E-state index in [0.29, 0.717) is 43.9 Å². The van der Waals surface area contributed by atoms with Gasteiger partial charge in [-0.25, -0.2) is 13.2 Å². The monoisotopic (exact) mass is 425 g/mol. The van der Waals surface area contributed by atoms with E-state index in [1.807, 2.05) is 0 Å². The molecule has 1 aliphatic carbocycles. The van der Waals surface area contributed by atoms with Gasteiger partial charge in [-0.2, -0.15) is 0 Å². The molecule has 0 N–H and O–H groups in total. The smallest absolute Gasteiger partial charge is 0.256 e. The Hall–Kier alpha value is -2.09. The summed E-state index contributed by atoms with van der Waals surface area (Å²) in [7, 11) is 0. The summed E-state index contributed by atoms with van der Waals surface area (Å²) in [6, 6.07) is 2.61. The Balaban J connectivity index is 1.29. The molecule has 8 heteroatoms. The van der Waals surface area contributed by atoms with Crippen LogP contribution >= 0.6 is 0 Å². The first kappa shape index (κ1) is 21.2. The number of amides is 1. The minimum absolute atomic E-state index is 0.0371. The Labute approximate surface area is 173 Å². The maximum absolute atomic E-state index is 14.5. The third-order valence-corrected chi connectivity index (χ3v) is 6.29. The van der Waals surface area contributed by atoms with Crippen molar-refractivity contribution >= 4 is 11.7 Å². The molecule has 2 fully saturated rings. The minimum atomic E-state index is -2.56. The molecule has 1 aromatic carbocycles. The number of carbonyl (C=O) groups excluding carboxylic acids is 2. The first-order chi connectivity index (χ1) is 14.3. The van der Waals surface area contributed by atoms with Crippen LogP contribution in [-0.4, -0.2) is 54.9 Å². The van der Waals surface area contributed by atoms with Gasteiger partial charge in [-0.05, 0) is 37.7 Å². The number of Topliss-reactive ketones (excluding diaryl/α,β-unsaturated/α-hetero) is 1. The molecule has 0 bridgehead atoms. The Kier molecular flexibility index (Phi) is 6.04. The molecule has 1 amide bonds. The van der Waals surface area contributed by atoms with Crippen molar-refractivity contribution in [3.05, 3.63) is 29.1 Å². The van der Waals surface area contributed by atoms with Crippen molar-refractivity contribution in [1.29, 1.82) is 0 Å². The molecule has 1 aromatic rings. The zero-order valence-corrected chi connectivity index (χ0v) is 16.8. The van der Waals surface area contributed by atoms with Gasteiger partial charge in [-0.1, -0.05) is 0 Å². The van der Waals surface area contributed by atoms with Crippen molar-refractivity contribution in [2.45, 2.75) is 57.0 Å². The topological polar surface area (TPSA) is 55.8 Å². The number of ketones is 1. The van der Waals surface area contributed by atoms with E-state index in [4.69, 9.17) is 9.47 Å². The fraction of sp³-hybridized carbons (Fsp3) is 0.636. The highest BCUT2D eigenvalue weighted by atomic mass is 19.3. The van der Waals surface area contributed by atoms with Crippen molar-refractivity contribution in [2.24, 2.45) is 5.92 Å². The molecular weight excluding hydrogens is 399 g/mol. The standard InChI is InChI=1S/C22H26F3NO4/c23-19-11-20-15(9-16(27)13-30-20)10-18(19)21(28)26-7-3-14(4-8-26)12-29-17-1-5-22(24,25)6-2-17/h10-11,14,17H,1-9,12-13H2. The number of alkyl halides is 2. The zero-order chi connectivity index (χ0) is 21.3. The van der Waals surface area contributed by atoms with E-state index in [1.54, 1.807) is 4.90 Å². The van der Waals surface area contributed by atoms with Crippen LogP contribution in [0.2, 0.25) is 0 Å². The molecule has 4 rings (SSSR count). The van der Waals surface area contributed by atoms with Crippen LogP contribution in [0.5, 0.6) is 5.75 Å². The van der Waals surface area contributed by atoms with Crippen LogP contribution in [0, 0.1) is 11.7 Å². The predicted octanol–water partition coefficient (Wildman–Crippen LogP) is 3.78. The fourth-order valence-electron chi connectivity index (χ4n) is 4.38. The van der Waals surface area contributed by atoms with Gasteiger partial charge in [-0.15, -0.1) is 0 Å². The molecule has 1 saturated heterocycles. The second kappa shape index (κ2) is 8.57. The van der Waals surface area contributed by atoms with Crippen LogP contribution in [-0.2, 0) is 16.0 Å². The highest BCUT2D eigenvalue weighted by molar-refractivity contribution is 5.95. The second-order valence-electron chi connectivity index (χ2n) is 8.57. The van der Waals surface area contributed by atoms with Gasteiger partial charge in [0.25, 0.3) is 5.91 Å². The molecular formula is C22H26F3NO4. The molecule has 0 unspecified atom stereocenters. The molecule has 30 heavy (non-hydrogen) atoms. The number of halogens is 3. The SMILES string of the molecule is O=C1COc2cc(F)c(C(=O)N3CCC(COC4CCC(F)(F)CC4)CC3)cc2C1. The van der Waals surface area contributed by atoms with Gasteiger partial charge in [0.1, 0.15) is 18.2 Å². The molecule has 0 spiro atoms. The van der Waals surface area contributed by atoms with Crippen LogP contribution in [0.25, 0.3) is 0 Å². The van der Waals surface area contributed by atoms with Crippen LogP contribution in [0.1, 0.15) is 54.4 Å². The number of nitrogens with zero attached hydrogens (tertiary/aromatic N) is 1. The van der Waals surface area contributed by atoms with E-state index in [-0.39, 0.29) is 55.1 Å². The van der Waals surface area contributed by atoms with Crippen LogP contribution < -0.4 is 4.74 Å². The third kappa shape index (κ3) is 4.79. The quantitative estimate of drug-likeness (QED) is 0.737. The van der Waals surface area contributed by atoms with Crippen molar-refractivity contribution in [1.82, 2.24) is 4.90 Å². The number of likely N-dealkylation sites (tertiary alicyclic amines) is 1. The van der Waals surface area contributed by atoms with Crippen molar-refractivity contribution in [2.75, 3.05) is 26.3 Å². The lowest BCUT2D eigenvalue weighted by Crippen LogP contribution is -2.40. The van der Waals surface area contributed by atoms with E-state index in [9.17, 15) is 22.8 Å². The maximum atomic E-state index is 14.5. The zero-order valence-electron chi connectivity index (χ0n) is 16.8. The van der Waals surface area contributed by atoms with E-state index in [2.05, 4.69) is 0 Å². The Morgan fingerprint density at radius 3 is 2.57 bits per heavy atom. The number of benzene rings is 1. The molecule has 2 heterocycles. The highest BCUT2D eigenvalue weighted by Crippen LogP contribution is 2.35. The lowest BCUT2D eigenvalue weighted by atomic mass is 9.93. The molecule has 2 aliphatic heterocycles. The van der Waals surface area contributed by atoms with Crippen molar-refractivity contribution in [3.63, 3.8) is 0 Å². The van der Waals surface area contributed by atoms with E-state index >= 15 is 0 Å². The predicted molar refractivity (Wildman–Crippen MR) is 102 cm³/mol. The number of hydrogen-bond acceptors (Lipinski definition) is 4. The average Bonchev–Trinajstić information content (AvgIpc) is 2.73. The first-order valence-electron chi connectivity index (χ1n) is 10.6. The van der Waals surface area contributed by atoms with Gasteiger partial charge in [0, 0.05) is 50.6 Å². The summed E-state index contributed by atoms with van der Waals surface area (Å²) >= 11 is 0. The van der Waals surface area contributed by atoms with Gasteiger partial charge in [0.2, 0.25) is 5.92 Å². The number of hydrogen-bond donors (Lipinski definition) is 0. The molecule has 0 aromatic heterocycles. The Bertz CT molecular complexity index is 811. The Morgan fingerprint density at radius 2 is 1.87 bits per heavy atom. The molecule has 164 valence electrons. The lowest BCUT2D eigenvalue weighted by molar-refractivity contribution is -0.121. The summed E-state index contributed by atoms with van der Waals surface area (Å²) in [4.78, 5) is 26.0. The van der Waals surface area contributed by atoms with Crippen molar-refractivity contribution < 1.29 is 32.2 Å². The largest absolute Gasteiger partial charge is 0.485 e. The normalized spacial score (nSPS) is 22.5. The van der Waals surface area contributed by atoms with Crippen molar-refractivity contribution in [3.8, 4) is 5.75 Å². The molecule has 5 nitrogen and oxygen atoms in total. The number of ether oxygens (including phenoxy) is 2. The summed E-state index contributed by atoms with van der Waals surface area (Å²) in [6.45, 7) is 1.41. The summed E-state index contributed by atoms with van der Waals surface area (Å²) in [5.41, 5.74) is 0.502. The number of fused-ring (bicyclic) bond motifs is 1. The summed E-state index contributed by atoms with van der Waals surface area (Å²) < 4.78 is 52.0.